The van der Waals surface area contributed by atoms with Crippen LogP contribution in [-0.2, 0) is 24.0 Å². The van der Waals surface area contributed by atoms with Crippen LogP contribution in [0.15, 0.2) is 65.8 Å². The molecule has 1 aliphatic carbocycles. The van der Waals surface area contributed by atoms with E-state index in [1.165, 1.54) is 12.0 Å². The number of halogens is 1. The zero-order valence-corrected chi connectivity index (χ0v) is 31.4. The predicted octanol–water partition coefficient (Wildman–Crippen LogP) is 4.94. The predicted molar refractivity (Wildman–Crippen MR) is 201 cm³/mol. The molecule has 2 fully saturated rings. The van der Waals surface area contributed by atoms with Crippen molar-refractivity contribution in [1.82, 2.24) is 20.9 Å². The van der Waals surface area contributed by atoms with Crippen LogP contribution in [0.3, 0.4) is 0 Å². The molecule has 2 heterocycles. The number of fused-ring (bicyclic) bond motifs is 1. The van der Waals surface area contributed by atoms with Crippen molar-refractivity contribution in [2.75, 3.05) is 13.7 Å². The summed E-state index contributed by atoms with van der Waals surface area (Å²) >= 11 is 6.27. The minimum atomic E-state index is -1.11. The van der Waals surface area contributed by atoms with Gasteiger partial charge in [0.15, 0.2) is 5.60 Å². The smallest absolute Gasteiger partial charge is 0.289 e. The Hall–Kier alpha value is -4.97. The Kier molecular flexibility index (Phi) is 10.8. The number of likely N-dealkylation sites (tertiary alicyclic amines) is 1. The number of nitrogens with one attached hydrogen (secondary N) is 3. The second kappa shape index (κ2) is 15.2. The first-order valence-corrected chi connectivity index (χ1v) is 18.4. The van der Waals surface area contributed by atoms with E-state index in [1.54, 1.807) is 24.3 Å². The average Bonchev–Trinajstić information content (AvgIpc) is 3.72. The van der Waals surface area contributed by atoms with Crippen LogP contribution in [0, 0.1) is 5.41 Å². The molecule has 3 aliphatic rings. The van der Waals surface area contributed by atoms with Crippen molar-refractivity contribution in [2.24, 2.45) is 10.6 Å². The molecule has 2 aliphatic heterocycles. The highest BCUT2D eigenvalue weighted by Crippen LogP contribution is 2.40. The average molecular weight is 744 g/mol. The van der Waals surface area contributed by atoms with Crippen LogP contribution in [0.5, 0.6) is 5.75 Å². The van der Waals surface area contributed by atoms with Gasteiger partial charge in [-0.25, -0.2) is 0 Å². The van der Waals surface area contributed by atoms with E-state index in [2.05, 4.69) is 21.1 Å². The second-order valence-electron chi connectivity index (χ2n) is 15.3. The van der Waals surface area contributed by atoms with Gasteiger partial charge in [0.1, 0.15) is 17.8 Å². The number of ether oxygens (including phenoxy) is 1. The van der Waals surface area contributed by atoms with Gasteiger partial charge in [0.25, 0.3) is 11.8 Å². The number of rotatable bonds is 12. The third-order valence-corrected chi connectivity index (χ3v) is 10.3. The molecule has 53 heavy (non-hydrogen) atoms. The van der Waals surface area contributed by atoms with Crippen molar-refractivity contribution in [3.05, 3.63) is 76.8 Å². The molecule has 3 N–H and O–H groups in total. The lowest BCUT2D eigenvalue weighted by molar-refractivity contribution is -0.144. The van der Waals surface area contributed by atoms with Gasteiger partial charge < -0.3 is 30.4 Å². The molecule has 1 spiro atoms. The van der Waals surface area contributed by atoms with Crippen molar-refractivity contribution in [3.8, 4) is 5.75 Å². The van der Waals surface area contributed by atoms with Gasteiger partial charge in [-0.3, -0.25) is 24.0 Å². The molecule has 3 aromatic rings. The monoisotopic (exact) mass is 743 g/mol. The van der Waals surface area contributed by atoms with Gasteiger partial charge >= 0.3 is 0 Å². The summed E-state index contributed by atoms with van der Waals surface area (Å²) in [5.74, 6) is -2.74. The van der Waals surface area contributed by atoms with E-state index in [0.29, 0.717) is 28.3 Å². The van der Waals surface area contributed by atoms with Gasteiger partial charge in [-0.1, -0.05) is 93.3 Å². The van der Waals surface area contributed by atoms with Gasteiger partial charge in [-0.2, -0.15) is 0 Å². The Labute approximate surface area is 314 Å². The lowest BCUT2D eigenvalue weighted by Gasteiger charge is -2.36. The maximum Gasteiger partial charge on any atom is 0.289 e. The van der Waals surface area contributed by atoms with Crippen LogP contribution in [0.1, 0.15) is 82.1 Å². The Balaban J connectivity index is 1.31. The second-order valence-corrected chi connectivity index (χ2v) is 15.7. The van der Waals surface area contributed by atoms with Crippen LogP contribution < -0.4 is 20.7 Å². The number of amides is 4. The van der Waals surface area contributed by atoms with E-state index >= 15 is 0 Å². The van der Waals surface area contributed by atoms with E-state index in [-0.39, 0.29) is 37.4 Å². The fourth-order valence-corrected chi connectivity index (χ4v) is 7.28. The fourth-order valence-electron chi connectivity index (χ4n) is 7.09. The number of carbonyl (C=O) groups excluding carboxylic acids is 5. The number of Topliss-reactive ketones (excluding diaryl/α,β-unsaturated/α-hetero) is 1. The van der Waals surface area contributed by atoms with E-state index in [4.69, 9.17) is 21.2 Å². The Morgan fingerprint density at radius 3 is 2.47 bits per heavy atom. The van der Waals surface area contributed by atoms with Gasteiger partial charge in [0.05, 0.1) is 31.0 Å². The normalized spacial score (nSPS) is 20.7. The lowest BCUT2D eigenvalue weighted by atomic mass is 9.85. The summed E-state index contributed by atoms with van der Waals surface area (Å²) in [6.45, 7) is 7.33. The van der Waals surface area contributed by atoms with Crippen molar-refractivity contribution < 1.29 is 33.5 Å². The molecule has 1 saturated carbocycles. The standard InChI is InChI=1S/C40H46ClN5O7/c1-6-10-28(33(47)37(50)42-26-16-17-26)43-35(48)30-21-40(20-29(45-53-40)24-12-9-13-25(41)19-24)22-46(30)38(51)34(39(2,3)4)44-36(49)32-27-14-8-7-11-23(27)15-18-31(32)52-5/h7-9,11-15,18-19,26,28,30,34H,6,10,16-17,20-22H2,1-5H3,(H,42,50)(H,43,48)(H,44,49)/t28-,30-,34+,40+/m0/s1. The quantitative estimate of drug-likeness (QED) is 0.222. The van der Waals surface area contributed by atoms with E-state index in [9.17, 15) is 24.0 Å². The van der Waals surface area contributed by atoms with E-state index in [1.807, 2.05) is 64.1 Å². The number of ketones is 1. The summed E-state index contributed by atoms with van der Waals surface area (Å²) in [5.41, 5.74) is -0.250. The van der Waals surface area contributed by atoms with E-state index < -0.39 is 58.6 Å². The third kappa shape index (κ3) is 8.17. The van der Waals surface area contributed by atoms with Crippen molar-refractivity contribution in [2.45, 2.75) is 96.0 Å². The number of benzene rings is 3. The highest BCUT2D eigenvalue weighted by Gasteiger charge is 2.55. The SMILES string of the molecule is CCC[C@H](NC(=O)[C@@H]1C[C@]2(CC(c3cccc(Cl)c3)=NO2)CN1C(=O)[C@@H](NC(=O)c1c(OC)ccc2ccccc12)C(C)(C)C)C(=O)C(=O)NC1CC1. The lowest BCUT2D eigenvalue weighted by Crippen LogP contribution is -2.59. The molecule has 4 atom stereocenters. The molecule has 13 heteroatoms. The maximum atomic E-state index is 14.9. The molecule has 0 radical (unpaired) electrons. The first kappa shape index (κ1) is 37.8. The Morgan fingerprint density at radius 2 is 1.79 bits per heavy atom. The largest absolute Gasteiger partial charge is 0.496 e. The van der Waals surface area contributed by atoms with Crippen molar-refractivity contribution in [1.29, 1.82) is 0 Å². The molecule has 3 aromatic carbocycles. The Bertz CT molecular complexity index is 1970. The molecule has 12 nitrogen and oxygen atoms in total. The van der Waals surface area contributed by atoms with Crippen LogP contribution in [0.4, 0.5) is 0 Å². The summed E-state index contributed by atoms with van der Waals surface area (Å²) in [5, 5.41) is 14.9. The van der Waals surface area contributed by atoms with Crippen LogP contribution in [0.25, 0.3) is 10.8 Å². The molecular weight excluding hydrogens is 698 g/mol. The third-order valence-electron chi connectivity index (χ3n) is 10.1. The minimum Gasteiger partial charge on any atom is -0.496 e. The number of oxime groups is 1. The van der Waals surface area contributed by atoms with Crippen LogP contribution in [0.2, 0.25) is 5.02 Å². The topological polar surface area (TPSA) is 156 Å². The molecule has 1 saturated heterocycles. The van der Waals surface area contributed by atoms with Gasteiger partial charge in [-0.05, 0) is 53.6 Å². The van der Waals surface area contributed by atoms with Gasteiger partial charge in [0.2, 0.25) is 17.6 Å². The van der Waals surface area contributed by atoms with Crippen molar-refractivity contribution in [3.63, 3.8) is 0 Å². The highest BCUT2D eigenvalue weighted by atomic mass is 35.5. The van der Waals surface area contributed by atoms with Gasteiger partial charge in [0, 0.05) is 29.5 Å². The summed E-state index contributed by atoms with van der Waals surface area (Å²) < 4.78 is 5.58. The molecular formula is C40H46ClN5O7. The number of methoxy groups -OCH3 is 1. The Morgan fingerprint density at radius 1 is 1.04 bits per heavy atom. The molecule has 4 amide bonds. The maximum absolute atomic E-state index is 14.9. The number of hydrogen-bond acceptors (Lipinski definition) is 8. The van der Waals surface area contributed by atoms with Crippen molar-refractivity contribution >= 4 is 57.5 Å². The summed E-state index contributed by atoms with van der Waals surface area (Å²) in [6, 6.07) is 14.8. The van der Waals surface area contributed by atoms with Crippen LogP contribution in [-0.4, -0.2) is 83.4 Å². The summed E-state index contributed by atoms with van der Waals surface area (Å²) in [6.07, 6.45) is 2.72. The molecule has 6 rings (SSSR count). The van der Waals surface area contributed by atoms with Gasteiger partial charge in [-0.15, -0.1) is 0 Å². The van der Waals surface area contributed by atoms with E-state index in [0.717, 1.165) is 23.8 Å². The van der Waals surface area contributed by atoms with Crippen LogP contribution >= 0.6 is 11.6 Å². The zero-order chi connectivity index (χ0) is 38.1. The number of carbonyl (C=O) groups is 5. The first-order valence-electron chi connectivity index (χ1n) is 18.1. The summed E-state index contributed by atoms with van der Waals surface area (Å²) in [4.78, 5) is 76.9. The molecule has 0 aromatic heterocycles. The summed E-state index contributed by atoms with van der Waals surface area (Å²) in [7, 11) is 1.48. The minimum absolute atomic E-state index is 0.0217. The molecule has 0 unspecified atom stereocenters. The number of nitrogens with zero attached hydrogens (tertiary/aromatic N) is 2. The molecule has 0 bridgehead atoms. The fraction of sp³-hybridized carbons (Fsp3) is 0.450. The zero-order valence-electron chi connectivity index (χ0n) is 30.7. The highest BCUT2D eigenvalue weighted by molar-refractivity contribution is 6.38. The first-order chi connectivity index (χ1) is 25.2. The molecule has 280 valence electrons. The number of hydrogen-bond donors (Lipinski definition) is 3.